The van der Waals surface area contributed by atoms with Gasteiger partial charge in [-0.25, -0.2) is 17.6 Å². The molecular formula is C45H50F4N4O5Si. The van der Waals surface area contributed by atoms with Crippen LogP contribution in [0.4, 0.5) is 17.6 Å². The fourth-order valence-corrected chi connectivity index (χ4v) is 12.7. The summed E-state index contributed by atoms with van der Waals surface area (Å²) in [4.78, 5) is 15.4. The van der Waals surface area contributed by atoms with E-state index in [0.29, 0.717) is 5.56 Å². The van der Waals surface area contributed by atoms with E-state index in [4.69, 9.17) is 24.9 Å². The summed E-state index contributed by atoms with van der Waals surface area (Å²) in [5.74, 6) is -10.0. The molecule has 5 aromatic carbocycles. The topological polar surface area (TPSA) is 137 Å². The molecule has 0 aromatic heterocycles. The van der Waals surface area contributed by atoms with E-state index >= 15 is 0 Å². The maximum atomic E-state index is 14.2. The first-order chi connectivity index (χ1) is 28.2. The molecule has 1 saturated heterocycles. The molecule has 14 heteroatoms. The quantitative estimate of drug-likeness (QED) is 0.0307. The highest BCUT2D eigenvalue weighted by molar-refractivity contribution is 6.99. The Morgan fingerprint density at radius 2 is 1.37 bits per heavy atom. The van der Waals surface area contributed by atoms with E-state index in [1.165, 1.54) is 0 Å². The highest BCUT2D eigenvalue weighted by Gasteiger charge is 2.68. The Labute approximate surface area is 342 Å². The van der Waals surface area contributed by atoms with Crippen LogP contribution in [0.2, 0.25) is 5.04 Å². The molecule has 1 amide bonds. The third-order valence-corrected chi connectivity index (χ3v) is 16.6. The van der Waals surface area contributed by atoms with Crippen molar-refractivity contribution < 1.29 is 41.7 Å². The minimum Gasteiger partial charge on any atom is -0.407 e. The van der Waals surface area contributed by atoms with Crippen molar-refractivity contribution in [2.45, 2.75) is 56.8 Å². The maximum Gasteiger partial charge on any atom is 0.261 e. The number of ether oxygens (including phenoxy) is 1. The van der Waals surface area contributed by atoms with Gasteiger partial charge in [-0.1, -0.05) is 135 Å². The Morgan fingerprint density at radius 3 is 1.81 bits per heavy atom. The van der Waals surface area contributed by atoms with Crippen molar-refractivity contribution in [3.8, 4) is 0 Å². The molecule has 2 saturated carbocycles. The molecular weight excluding hydrogens is 781 g/mol. The first kappa shape index (κ1) is 43.7. The third kappa shape index (κ3) is 9.33. The summed E-state index contributed by atoms with van der Waals surface area (Å²) in [6.45, 7) is 6.12. The summed E-state index contributed by atoms with van der Waals surface area (Å²) < 4.78 is 66.7. The van der Waals surface area contributed by atoms with E-state index in [1.54, 1.807) is 0 Å². The SMILES string of the molecule is CC(C)(C)[Si](OC[C@H]1[C@H](CN=[N+]=[N-])C1(F)F)(c1ccccc1)c1ccccc1.O=C(NC[C@H]1[C@H](CO)C1(F)F)c1c2ccccc2cc2ccccc12.OC1CCCO1. The molecule has 59 heavy (non-hydrogen) atoms. The van der Waals surface area contributed by atoms with Crippen molar-refractivity contribution in [1.82, 2.24) is 5.32 Å². The van der Waals surface area contributed by atoms with Gasteiger partial charge < -0.3 is 24.7 Å². The summed E-state index contributed by atoms with van der Waals surface area (Å²) in [5.41, 5.74) is 8.95. The van der Waals surface area contributed by atoms with Crippen LogP contribution in [0.3, 0.4) is 0 Å². The average molecular weight is 831 g/mol. The molecule has 0 bridgehead atoms. The summed E-state index contributed by atoms with van der Waals surface area (Å²) in [7, 11) is -2.83. The number of aliphatic hydroxyl groups excluding tert-OH is 2. The van der Waals surface area contributed by atoms with Crippen LogP contribution < -0.4 is 15.7 Å². The van der Waals surface area contributed by atoms with Gasteiger partial charge in [-0.3, -0.25) is 4.79 Å². The van der Waals surface area contributed by atoms with Crippen LogP contribution in [0.15, 0.2) is 120 Å². The molecule has 0 spiro atoms. The zero-order chi connectivity index (χ0) is 42.4. The number of carbonyl (C=O) groups is 1. The van der Waals surface area contributed by atoms with Gasteiger partial charge in [0.2, 0.25) is 0 Å². The Hall–Kier alpha value is -4.82. The standard InChI is InChI=1S/C21H25F2N3OSi.C20H17F2NO2.C4H8O2/c1-20(2,3)28(16-10-6-4-7-11-16,17-12-8-5-9-13-17)27-15-19-18(14-25-26-24)21(19,22)23;21-20(22)16(17(20)11-24)10-23-19(25)18-14-7-3-1-5-12(14)9-13-6-2-4-8-15(13)18;5-4-2-1-3-6-4/h4-13,18-19H,14-15H2,1-3H3;1-9,16-17,24H,10-11H2,(H,23,25);4-5H,1-3H2/t18-,19-;16-,17-;/m00./s1. The van der Waals surface area contributed by atoms with Gasteiger partial charge in [0.25, 0.3) is 26.1 Å². The second kappa shape index (κ2) is 18.2. The van der Waals surface area contributed by atoms with Gasteiger partial charge in [0.15, 0.2) is 6.29 Å². The largest absolute Gasteiger partial charge is 0.407 e. The number of azide groups is 1. The highest BCUT2D eigenvalue weighted by atomic mass is 28.4. The first-order valence-electron chi connectivity index (χ1n) is 19.8. The second-order valence-corrected chi connectivity index (χ2v) is 20.5. The van der Waals surface area contributed by atoms with Crippen molar-refractivity contribution in [2.75, 3.05) is 32.9 Å². The van der Waals surface area contributed by atoms with Crippen molar-refractivity contribution >= 4 is 46.1 Å². The zero-order valence-electron chi connectivity index (χ0n) is 33.3. The third-order valence-electron chi connectivity index (χ3n) is 11.6. The number of aliphatic hydroxyl groups is 2. The molecule has 9 nitrogen and oxygen atoms in total. The van der Waals surface area contributed by atoms with Gasteiger partial charge in [0, 0.05) is 43.6 Å². The molecule has 3 fully saturated rings. The number of nitrogens with one attached hydrogen (secondary N) is 1. The van der Waals surface area contributed by atoms with E-state index in [9.17, 15) is 22.4 Å². The van der Waals surface area contributed by atoms with E-state index in [-0.39, 0.29) is 30.6 Å². The Kier molecular flexibility index (Phi) is 13.5. The van der Waals surface area contributed by atoms with Crippen molar-refractivity contribution in [1.29, 1.82) is 0 Å². The van der Waals surface area contributed by atoms with E-state index in [2.05, 4.69) is 36.1 Å². The van der Waals surface area contributed by atoms with Crippen molar-refractivity contribution in [3.63, 3.8) is 0 Å². The molecule has 2 aliphatic carbocycles. The lowest BCUT2D eigenvalue weighted by Gasteiger charge is -2.43. The number of benzene rings is 5. The second-order valence-electron chi connectivity index (χ2n) is 16.2. The lowest BCUT2D eigenvalue weighted by molar-refractivity contribution is -0.0589. The monoisotopic (exact) mass is 830 g/mol. The van der Waals surface area contributed by atoms with Crippen LogP contribution in [-0.2, 0) is 9.16 Å². The van der Waals surface area contributed by atoms with Crippen molar-refractivity contribution in [2.24, 2.45) is 28.8 Å². The van der Waals surface area contributed by atoms with Gasteiger partial charge in [0.1, 0.15) is 0 Å². The van der Waals surface area contributed by atoms with Crippen LogP contribution in [0.25, 0.3) is 32.0 Å². The molecule has 1 unspecified atom stereocenters. The molecule has 1 aliphatic heterocycles. The predicted octanol–water partition coefficient (Wildman–Crippen LogP) is 8.47. The van der Waals surface area contributed by atoms with Gasteiger partial charge in [-0.15, -0.1) is 0 Å². The minimum absolute atomic E-state index is 0.0497. The minimum atomic E-state index is -2.90. The maximum absolute atomic E-state index is 14.2. The van der Waals surface area contributed by atoms with Crippen molar-refractivity contribution in [3.05, 3.63) is 131 Å². The average Bonchev–Trinajstić information content (AvgIpc) is 3.80. The highest BCUT2D eigenvalue weighted by Crippen LogP contribution is 2.56. The predicted molar refractivity (Wildman–Crippen MR) is 224 cm³/mol. The number of hydrogen-bond acceptors (Lipinski definition) is 6. The molecule has 3 aliphatic rings. The lowest BCUT2D eigenvalue weighted by Crippen LogP contribution is -2.66. The number of amides is 1. The summed E-state index contributed by atoms with van der Waals surface area (Å²) in [6.07, 6.45) is 1.38. The summed E-state index contributed by atoms with van der Waals surface area (Å²) >= 11 is 0. The molecule has 0 radical (unpaired) electrons. The first-order valence-corrected chi connectivity index (χ1v) is 21.7. The number of carbonyl (C=O) groups excluding carboxylic acids is 1. The molecule has 5 atom stereocenters. The van der Waals surface area contributed by atoms with Gasteiger partial charge in [-0.2, -0.15) is 0 Å². The van der Waals surface area contributed by atoms with E-state index < -0.39 is 56.7 Å². The molecule has 8 rings (SSSR count). The fraction of sp³-hybridized carbons (Fsp3) is 0.400. The fourth-order valence-electron chi connectivity index (χ4n) is 8.14. The van der Waals surface area contributed by atoms with E-state index in [1.807, 2.05) is 115 Å². The summed E-state index contributed by atoms with van der Waals surface area (Å²) in [6, 6.07) is 37.0. The van der Waals surface area contributed by atoms with Crippen LogP contribution in [0, 0.1) is 23.7 Å². The van der Waals surface area contributed by atoms with Gasteiger partial charge in [0.05, 0.1) is 29.9 Å². The molecule has 312 valence electrons. The number of nitrogens with zero attached hydrogens (tertiary/aromatic N) is 3. The van der Waals surface area contributed by atoms with Crippen LogP contribution in [0.5, 0.6) is 0 Å². The van der Waals surface area contributed by atoms with E-state index in [0.717, 1.165) is 51.4 Å². The smallest absolute Gasteiger partial charge is 0.261 e. The zero-order valence-corrected chi connectivity index (χ0v) is 34.3. The normalized spacial score (nSPS) is 22.6. The van der Waals surface area contributed by atoms with Crippen LogP contribution in [0.1, 0.15) is 44.0 Å². The number of hydrogen-bond donors (Lipinski definition) is 3. The van der Waals surface area contributed by atoms with Crippen LogP contribution in [-0.4, -0.2) is 75.5 Å². The number of halogens is 4. The Balaban J connectivity index is 0.000000174. The number of rotatable bonds is 11. The summed E-state index contributed by atoms with van der Waals surface area (Å²) in [5, 5.41) is 28.8. The lowest BCUT2D eigenvalue weighted by atomic mass is 9.96. The van der Waals surface area contributed by atoms with Gasteiger partial charge in [-0.05, 0) is 55.0 Å². The van der Waals surface area contributed by atoms with Crippen LogP contribution >= 0.6 is 0 Å². The molecule has 1 heterocycles. The Morgan fingerprint density at radius 1 is 0.847 bits per heavy atom. The molecule has 5 aromatic rings. The number of fused-ring (bicyclic) bond motifs is 2. The number of alkyl halides is 4. The Bertz CT molecular complexity index is 2160. The molecule has 3 N–H and O–H groups in total. The van der Waals surface area contributed by atoms with Gasteiger partial charge >= 0.3 is 0 Å².